The first-order valence-corrected chi connectivity index (χ1v) is 8.02. The smallest absolute Gasteiger partial charge is 0.263 e. The minimum absolute atomic E-state index is 0.0527. The summed E-state index contributed by atoms with van der Waals surface area (Å²) in [6.07, 6.45) is 1.98. The number of thiophene rings is 1. The van der Waals surface area contributed by atoms with Crippen LogP contribution in [-0.4, -0.2) is 24.0 Å². The first-order valence-electron chi connectivity index (χ1n) is 5.81. The van der Waals surface area contributed by atoms with Crippen molar-refractivity contribution in [3.8, 4) is 0 Å². The van der Waals surface area contributed by atoms with Gasteiger partial charge in [0.15, 0.2) is 0 Å². The van der Waals surface area contributed by atoms with E-state index in [9.17, 15) is 9.18 Å². The second-order valence-corrected chi connectivity index (χ2v) is 6.25. The molecule has 0 bridgehead atoms. The van der Waals surface area contributed by atoms with Crippen LogP contribution in [0.3, 0.4) is 0 Å². The second kappa shape index (κ2) is 5.79. The predicted octanol–water partition coefficient (Wildman–Crippen LogP) is 3.10. The summed E-state index contributed by atoms with van der Waals surface area (Å²) < 4.78 is 14.4. The molecule has 6 heteroatoms. The van der Waals surface area contributed by atoms with Gasteiger partial charge in [0.05, 0.1) is 11.1 Å². The number of rotatable bonds is 4. The molecule has 1 amide bonds. The molecule has 1 heterocycles. The highest BCUT2D eigenvalue weighted by atomic mass is 32.2. The number of nitrogen functional groups attached to an aromatic ring is 1. The Labute approximate surface area is 119 Å². The molecule has 3 N–H and O–H groups in total. The van der Waals surface area contributed by atoms with E-state index in [4.69, 9.17) is 5.73 Å². The topological polar surface area (TPSA) is 55.1 Å². The van der Waals surface area contributed by atoms with Gasteiger partial charge in [-0.3, -0.25) is 4.79 Å². The molecule has 0 aliphatic rings. The van der Waals surface area contributed by atoms with E-state index in [0.29, 0.717) is 15.0 Å². The van der Waals surface area contributed by atoms with Gasteiger partial charge in [-0.1, -0.05) is 6.07 Å². The molecule has 1 unspecified atom stereocenters. The number of nitrogens with one attached hydrogen (secondary N) is 1. The Bertz CT molecular complexity index is 612. The first-order chi connectivity index (χ1) is 9.04. The van der Waals surface area contributed by atoms with Crippen LogP contribution in [0.4, 0.5) is 10.1 Å². The highest BCUT2D eigenvalue weighted by Gasteiger charge is 2.19. The number of carbonyl (C=O) groups is 1. The number of thioether (sulfide) groups is 1. The first kappa shape index (κ1) is 14.1. The fraction of sp³-hybridized carbons (Fsp3) is 0.308. The van der Waals surface area contributed by atoms with E-state index < -0.39 is 0 Å². The largest absolute Gasteiger partial charge is 0.397 e. The molecule has 0 spiro atoms. The Morgan fingerprint density at radius 2 is 2.32 bits per heavy atom. The number of carbonyl (C=O) groups excluding carboxylic acids is 1. The van der Waals surface area contributed by atoms with Crippen LogP contribution in [-0.2, 0) is 0 Å². The van der Waals surface area contributed by atoms with Gasteiger partial charge in [0.1, 0.15) is 10.7 Å². The molecule has 2 aromatic rings. The van der Waals surface area contributed by atoms with Crippen molar-refractivity contribution in [1.29, 1.82) is 0 Å². The summed E-state index contributed by atoms with van der Waals surface area (Å²) in [4.78, 5) is 12.5. The number of fused-ring (bicyclic) bond motifs is 1. The van der Waals surface area contributed by atoms with Crippen molar-refractivity contribution in [2.75, 3.05) is 17.7 Å². The lowest BCUT2D eigenvalue weighted by atomic mass is 10.2. The molecule has 1 aromatic heterocycles. The third kappa shape index (κ3) is 2.84. The van der Waals surface area contributed by atoms with Gasteiger partial charge in [-0.05, 0) is 25.3 Å². The maximum atomic E-state index is 13.7. The zero-order valence-corrected chi connectivity index (χ0v) is 12.3. The van der Waals surface area contributed by atoms with Gasteiger partial charge in [0, 0.05) is 16.5 Å². The summed E-state index contributed by atoms with van der Waals surface area (Å²) in [5.74, 6) is 0.201. The summed E-state index contributed by atoms with van der Waals surface area (Å²) in [5, 5.41) is 3.21. The number of anilines is 1. The van der Waals surface area contributed by atoms with E-state index >= 15 is 0 Å². The SMILES string of the molecule is CSCC(C)NC(=O)c1sc2cccc(F)c2c1N. The zero-order chi connectivity index (χ0) is 14.0. The van der Waals surface area contributed by atoms with Gasteiger partial charge in [0.25, 0.3) is 5.91 Å². The third-order valence-electron chi connectivity index (χ3n) is 2.70. The van der Waals surface area contributed by atoms with Crippen LogP contribution in [0.5, 0.6) is 0 Å². The Hall–Kier alpha value is -1.27. The Morgan fingerprint density at radius 1 is 1.58 bits per heavy atom. The van der Waals surface area contributed by atoms with Crippen molar-refractivity contribution in [2.24, 2.45) is 0 Å². The number of hydrogen-bond donors (Lipinski definition) is 2. The summed E-state index contributed by atoms with van der Waals surface area (Å²) >= 11 is 2.88. The standard InChI is InChI=1S/C13H15FN2OS2/c1-7(6-18-2)16-13(17)12-11(15)10-8(14)4-3-5-9(10)19-12/h3-5,7H,6,15H2,1-2H3,(H,16,17). The summed E-state index contributed by atoms with van der Waals surface area (Å²) in [6, 6.07) is 4.79. The molecule has 2 rings (SSSR count). The minimum atomic E-state index is -0.387. The van der Waals surface area contributed by atoms with E-state index in [0.717, 1.165) is 5.75 Å². The second-order valence-electron chi connectivity index (χ2n) is 4.29. The maximum absolute atomic E-state index is 13.7. The number of amides is 1. The zero-order valence-electron chi connectivity index (χ0n) is 10.7. The Morgan fingerprint density at radius 3 is 2.95 bits per heavy atom. The predicted molar refractivity (Wildman–Crippen MR) is 81.5 cm³/mol. The van der Waals surface area contributed by atoms with Crippen LogP contribution in [0, 0.1) is 5.82 Å². The van der Waals surface area contributed by atoms with Gasteiger partial charge in [-0.15, -0.1) is 11.3 Å². The van der Waals surface area contributed by atoms with Crippen LogP contribution >= 0.6 is 23.1 Å². The van der Waals surface area contributed by atoms with Gasteiger partial charge in [0.2, 0.25) is 0 Å². The molecule has 1 atom stereocenters. The van der Waals surface area contributed by atoms with E-state index in [1.807, 2.05) is 13.2 Å². The van der Waals surface area contributed by atoms with Crippen molar-refractivity contribution >= 4 is 44.8 Å². The molecule has 0 saturated carbocycles. The molecule has 0 saturated heterocycles. The number of halogens is 1. The van der Waals surface area contributed by atoms with E-state index in [2.05, 4.69) is 5.32 Å². The van der Waals surface area contributed by atoms with E-state index in [1.54, 1.807) is 23.9 Å². The van der Waals surface area contributed by atoms with Crippen LogP contribution in [0.2, 0.25) is 0 Å². The number of hydrogen-bond acceptors (Lipinski definition) is 4. The fourth-order valence-corrected chi connectivity index (χ4v) is 3.50. The average Bonchev–Trinajstić information content (AvgIpc) is 2.68. The van der Waals surface area contributed by atoms with Gasteiger partial charge in [-0.25, -0.2) is 4.39 Å². The van der Waals surface area contributed by atoms with Crippen LogP contribution in [0.1, 0.15) is 16.6 Å². The van der Waals surface area contributed by atoms with Gasteiger partial charge < -0.3 is 11.1 Å². The lowest BCUT2D eigenvalue weighted by molar-refractivity contribution is 0.0948. The summed E-state index contributed by atoms with van der Waals surface area (Å²) in [5.41, 5.74) is 6.12. The average molecular weight is 298 g/mol. The number of benzene rings is 1. The van der Waals surface area contributed by atoms with Crippen LogP contribution < -0.4 is 11.1 Å². The fourth-order valence-electron chi connectivity index (χ4n) is 1.88. The van der Waals surface area contributed by atoms with Crippen molar-refractivity contribution in [2.45, 2.75) is 13.0 Å². The van der Waals surface area contributed by atoms with E-state index in [1.165, 1.54) is 17.4 Å². The van der Waals surface area contributed by atoms with Crippen molar-refractivity contribution < 1.29 is 9.18 Å². The molecular weight excluding hydrogens is 283 g/mol. The molecule has 0 fully saturated rings. The molecule has 19 heavy (non-hydrogen) atoms. The van der Waals surface area contributed by atoms with Gasteiger partial charge in [-0.2, -0.15) is 11.8 Å². The van der Waals surface area contributed by atoms with Gasteiger partial charge >= 0.3 is 0 Å². The molecule has 0 aliphatic heterocycles. The monoisotopic (exact) mass is 298 g/mol. The van der Waals surface area contributed by atoms with Crippen LogP contribution in [0.25, 0.3) is 10.1 Å². The molecule has 3 nitrogen and oxygen atoms in total. The molecule has 0 aliphatic carbocycles. The van der Waals surface area contributed by atoms with E-state index in [-0.39, 0.29) is 23.5 Å². The highest BCUT2D eigenvalue weighted by Crippen LogP contribution is 2.35. The molecule has 102 valence electrons. The third-order valence-corrected chi connectivity index (χ3v) is 4.70. The molecule has 0 radical (unpaired) electrons. The lowest BCUT2D eigenvalue weighted by Crippen LogP contribution is -2.34. The normalized spacial score (nSPS) is 12.6. The number of nitrogens with two attached hydrogens (primary N) is 1. The van der Waals surface area contributed by atoms with Crippen molar-refractivity contribution in [3.05, 3.63) is 28.9 Å². The molecular formula is C13H15FN2OS2. The summed E-state index contributed by atoms with van der Waals surface area (Å²) in [6.45, 7) is 1.93. The minimum Gasteiger partial charge on any atom is -0.397 e. The Kier molecular flexibility index (Phi) is 4.31. The Balaban J connectivity index is 2.33. The lowest BCUT2D eigenvalue weighted by Gasteiger charge is -2.11. The van der Waals surface area contributed by atoms with Crippen molar-refractivity contribution in [3.63, 3.8) is 0 Å². The summed E-state index contributed by atoms with van der Waals surface area (Å²) in [7, 11) is 0. The molecule has 1 aromatic carbocycles. The van der Waals surface area contributed by atoms with Crippen LogP contribution in [0.15, 0.2) is 18.2 Å². The van der Waals surface area contributed by atoms with Crippen molar-refractivity contribution in [1.82, 2.24) is 5.32 Å². The highest BCUT2D eigenvalue weighted by molar-refractivity contribution is 7.98. The maximum Gasteiger partial charge on any atom is 0.263 e. The quantitative estimate of drug-likeness (QED) is 0.912.